The van der Waals surface area contributed by atoms with Crippen LogP contribution in [0.5, 0.6) is 0 Å². The number of fused-ring (bicyclic) bond motifs is 1. The Balaban J connectivity index is 0.000000405. The van der Waals surface area contributed by atoms with Crippen molar-refractivity contribution in [2.75, 3.05) is 0 Å². The average Bonchev–Trinajstić information content (AvgIpc) is 2.15. The second-order valence-corrected chi connectivity index (χ2v) is 1.62. The fraction of sp³-hybridized carbons (Fsp3) is 0. The number of rotatable bonds is 0. The van der Waals surface area contributed by atoms with Gasteiger partial charge in [-0.25, -0.2) is 9.50 Å². The molecule has 2 rings (SSSR count). The number of aromatic nitrogens is 3. The first-order valence-electron chi connectivity index (χ1n) is 2.43. The number of nitrogens with zero attached hydrogens (tertiary/aromatic N) is 2. The summed E-state index contributed by atoms with van der Waals surface area (Å²) in [6.45, 7) is 0. The van der Waals surface area contributed by atoms with E-state index in [4.69, 9.17) is 0 Å². The van der Waals surface area contributed by atoms with Crippen LogP contribution in [0.15, 0.2) is 24.7 Å². The Morgan fingerprint density at radius 2 is 2.44 bits per heavy atom. The summed E-state index contributed by atoms with van der Waals surface area (Å²) in [4.78, 5) is 4.01. The van der Waals surface area contributed by atoms with Crippen LogP contribution in [-0.2, 0) is 0 Å². The van der Waals surface area contributed by atoms with Gasteiger partial charge in [0.05, 0.1) is 0 Å². The second-order valence-electron chi connectivity index (χ2n) is 1.62. The van der Waals surface area contributed by atoms with Crippen molar-refractivity contribution in [2.24, 2.45) is 0 Å². The van der Waals surface area contributed by atoms with Crippen LogP contribution in [0.2, 0.25) is 0 Å². The van der Waals surface area contributed by atoms with Gasteiger partial charge in [0, 0.05) is 24.7 Å². The highest BCUT2D eigenvalue weighted by atomic mass is 35.5. The zero-order chi connectivity index (χ0) is 5.40. The van der Waals surface area contributed by atoms with Gasteiger partial charge in [0.1, 0.15) is 0 Å². The lowest BCUT2D eigenvalue weighted by molar-refractivity contribution is 0.973. The topological polar surface area (TPSA) is 33.1 Å². The number of H-pyrrole nitrogens is 1. The molecule has 0 unspecified atom stereocenters. The van der Waals surface area contributed by atoms with E-state index in [9.17, 15) is 0 Å². The minimum absolute atomic E-state index is 0. The van der Waals surface area contributed by atoms with Gasteiger partial charge in [-0.05, 0) is 0 Å². The molecule has 2 aromatic rings. The molecule has 4 heteroatoms. The fourth-order valence-corrected chi connectivity index (χ4v) is 0.740. The van der Waals surface area contributed by atoms with E-state index in [0.29, 0.717) is 0 Å². The van der Waals surface area contributed by atoms with Gasteiger partial charge in [-0.1, -0.05) is 0 Å². The van der Waals surface area contributed by atoms with Gasteiger partial charge in [-0.2, -0.15) is 0 Å². The van der Waals surface area contributed by atoms with E-state index >= 15 is 0 Å². The molecule has 0 amide bonds. The summed E-state index contributed by atoms with van der Waals surface area (Å²) in [5.74, 6) is 0. The molecule has 0 radical (unpaired) electrons. The smallest absolute Gasteiger partial charge is 0.152 e. The number of hydrogen-bond donors (Lipinski definition) is 1. The zero-order valence-corrected chi connectivity index (χ0v) is 5.43. The van der Waals surface area contributed by atoms with E-state index in [1.807, 2.05) is 23.0 Å². The summed E-state index contributed by atoms with van der Waals surface area (Å²) in [5, 5.41) is 2.95. The fourth-order valence-electron chi connectivity index (χ4n) is 0.740. The average molecular weight is 144 g/mol. The first-order chi connectivity index (χ1) is 3.97. The van der Waals surface area contributed by atoms with Crippen LogP contribution in [0.25, 0.3) is 5.65 Å². The van der Waals surface area contributed by atoms with Crippen molar-refractivity contribution >= 4 is 18.1 Å². The van der Waals surface area contributed by atoms with Crippen molar-refractivity contribution in [3.8, 4) is 0 Å². The Morgan fingerprint density at radius 3 is 3.22 bits per heavy atom. The van der Waals surface area contributed by atoms with Gasteiger partial charge in [-0.15, -0.1) is 12.4 Å². The van der Waals surface area contributed by atoms with Gasteiger partial charge in [0.25, 0.3) is 0 Å². The van der Waals surface area contributed by atoms with E-state index in [0.717, 1.165) is 5.65 Å². The minimum Gasteiger partial charge on any atom is -0.300 e. The van der Waals surface area contributed by atoms with E-state index < -0.39 is 0 Å². The number of imidazole rings is 1. The van der Waals surface area contributed by atoms with Crippen LogP contribution >= 0.6 is 12.4 Å². The van der Waals surface area contributed by atoms with Crippen molar-refractivity contribution in [1.82, 2.24) is 14.6 Å². The second kappa shape index (κ2) is 2.11. The van der Waals surface area contributed by atoms with Crippen LogP contribution < -0.4 is 0 Å². The standard InChI is InChI=1S/C5H5N3.ClH/c1-2-7-8-4-3-6-5(1)8;/h1-4,7H;1H. The van der Waals surface area contributed by atoms with Crippen molar-refractivity contribution in [1.29, 1.82) is 0 Å². The molecular formula is C5H6ClN3. The number of aromatic amines is 1. The van der Waals surface area contributed by atoms with Gasteiger partial charge in [0.15, 0.2) is 5.65 Å². The molecule has 0 spiro atoms. The van der Waals surface area contributed by atoms with Crippen LogP contribution in [-0.4, -0.2) is 14.6 Å². The molecule has 0 aromatic carbocycles. The van der Waals surface area contributed by atoms with Crippen molar-refractivity contribution in [3.63, 3.8) is 0 Å². The summed E-state index contributed by atoms with van der Waals surface area (Å²) in [7, 11) is 0. The Kier molecular flexibility index (Phi) is 1.44. The SMILES string of the molecule is Cl.c1cn2[nH]ccc2n1. The summed E-state index contributed by atoms with van der Waals surface area (Å²) in [6.07, 6.45) is 5.48. The molecular weight excluding hydrogens is 138 g/mol. The highest BCUT2D eigenvalue weighted by Gasteiger charge is 1.87. The van der Waals surface area contributed by atoms with Gasteiger partial charge < -0.3 is 5.10 Å². The molecule has 1 N–H and O–H groups in total. The summed E-state index contributed by atoms with van der Waals surface area (Å²) >= 11 is 0. The van der Waals surface area contributed by atoms with Gasteiger partial charge in [0.2, 0.25) is 0 Å². The van der Waals surface area contributed by atoms with E-state index in [-0.39, 0.29) is 12.4 Å². The molecule has 0 aliphatic rings. The Labute approximate surface area is 58.1 Å². The number of halogens is 1. The van der Waals surface area contributed by atoms with E-state index in [1.54, 1.807) is 6.20 Å². The quantitative estimate of drug-likeness (QED) is 0.588. The van der Waals surface area contributed by atoms with Gasteiger partial charge in [-0.3, -0.25) is 0 Å². The molecule has 3 nitrogen and oxygen atoms in total. The molecule has 0 saturated heterocycles. The molecule has 2 heterocycles. The maximum Gasteiger partial charge on any atom is 0.152 e. The molecule has 0 fully saturated rings. The summed E-state index contributed by atoms with van der Waals surface area (Å²) in [6, 6.07) is 1.92. The van der Waals surface area contributed by atoms with Crippen LogP contribution in [0, 0.1) is 0 Å². The number of nitrogens with one attached hydrogen (secondary N) is 1. The Morgan fingerprint density at radius 1 is 1.56 bits per heavy atom. The zero-order valence-electron chi connectivity index (χ0n) is 4.61. The van der Waals surface area contributed by atoms with E-state index in [2.05, 4.69) is 10.1 Å². The molecule has 48 valence electrons. The lowest BCUT2D eigenvalue weighted by Crippen LogP contribution is -1.75. The molecule has 0 bridgehead atoms. The third-order valence-corrected chi connectivity index (χ3v) is 1.12. The Hall–Kier alpha value is -0.960. The predicted molar refractivity (Wildman–Crippen MR) is 36.8 cm³/mol. The first-order valence-corrected chi connectivity index (χ1v) is 2.43. The van der Waals surface area contributed by atoms with Gasteiger partial charge >= 0.3 is 0 Å². The van der Waals surface area contributed by atoms with Crippen molar-refractivity contribution in [2.45, 2.75) is 0 Å². The molecule has 2 aromatic heterocycles. The van der Waals surface area contributed by atoms with Crippen LogP contribution in [0.1, 0.15) is 0 Å². The molecule has 0 atom stereocenters. The van der Waals surface area contributed by atoms with Crippen molar-refractivity contribution in [3.05, 3.63) is 24.7 Å². The third kappa shape index (κ3) is 0.791. The molecule has 0 aliphatic heterocycles. The summed E-state index contributed by atoms with van der Waals surface area (Å²) < 4.78 is 1.85. The molecule has 0 saturated carbocycles. The minimum atomic E-state index is 0. The van der Waals surface area contributed by atoms with Crippen LogP contribution in [0.4, 0.5) is 0 Å². The normalized spacial score (nSPS) is 9.33. The molecule has 9 heavy (non-hydrogen) atoms. The third-order valence-electron chi connectivity index (χ3n) is 1.12. The summed E-state index contributed by atoms with van der Waals surface area (Å²) in [5.41, 5.74) is 0.963. The maximum absolute atomic E-state index is 4.01. The van der Waals surface area contributed by atoms with E-state index in [1.165, 1.54) is 0 Å². The monoisotopic (exact) mass is 143 g/mol. The maximum atomic E-state index is 4.01. The molecule has 0 aliphatic carbocycles. The highest BCUT2D eigenvalue weighted by Crippen LogP contribution is 1.93. The van der Waals surface area contributed by atoms with Crippen molar-refractivity contribution < 1.29 is 0 Å². The number of hydrogen-bond acceptors (Lipinski definition) is 1. The highest BCUT2D eigenvalue weighted by molar-refractivity contribution is 5.85. The lowest BCUT2D eigenvalue weighted by Gasteiger charge is -1.74. The predicted octanol–water partition coefficient (Wildman–Crippen LogP) is 1.08. The first kappa shape index (κ1) is 6.16. The Bertz CT molecular complexity index is 234. The largest absolute Gasteiger partial charge is 0.300 e. The lowest BCUT2D eigenvalue weighted by atomic mass is 10.7. The van der Waals surface area contributed by atoms with Crippen LogP contribution in [0.3, 0.4) is 0 Å².